The van der Waals surface area contributed by atoms with Gasteiger partial charge in [0.2, 0.25) is 0 Å². The minimum Gasteiger partial charge on any atom is -0.357 e. The molecule has 0 bridgehead atoms. The maximum atomic E-state index is 8.23. The van der Waals surface area contributed by atoms with Gasteiger partial charge in [0, 0.05) is 23.1 Å². The second-order valence-corrected chi connectivity index (χ2v) is 5.23. The Labute approximate surface area is 105 Å². The fourth-order valence-corrected chi connectivity index (χ4v) is 2.78. The van der Waals surface area contributed by atoms with Crippen LogP contribution in [-0.4, -0.2) is 23.8 Å². The zero-order valence-corrected chi connectivity index (χ0v) is 11.2. The molecule has 1 aromatic carbocycles. The normalized spacial score (nSPS) is 16.2. The Hall–Kier alpha value is -0.830. The van der Waals surface area contributed by atoms with E-state index in [-0.39, 0.29) is 0 Å². The summed E-state index contributed by atoms with van der Waals surface area (Å²) in [6.45, 7) is 4.12. The molecule has 1 saturated heterocycles. The zero-order chi connectivity index (χ0) is 11.5. The molecule has 1 heterocycles. The fourth-order valence-electron chi connectivity index (χ4n) is 2.10. The van der Waals surface area contributed by atoms with Crippen molar-refractivity contribution in [3.8, 4) is 0 Å². The third-order valence-electron chi connectivity index (χ3n) is 3.05. The molecule has 3 heteroatoms. The van der Waals surface area contributed by atoms with Crippen molar-refractivity contribution in [2.24, 2.45) is 0 Å². The van der Waals surface area contributed by atoms with Crippen molar-refractivity contribution in [2.75, 3.05) is 13.1 Å². The van der Waals surface area contributed by atoms with Gasteiger partial charge in [-0.25, -0.2) is 0 Å². The number of nitrogens with zero attached hydrogens (tertiary/aromatic N) is 1. The predicted molar refractivity (Wildman–Crippen MR) is 71.1 cm³/mol. The summed E-state index contributed by atoms with van der Waals surface area (Å²) < 4.78 is 1.03. The number of rotatable bonds is 1. The topological polar surface area (TPSA) is 27.1 Å². The smallest absolute Gasteiger partial charge is 0.129 e. The van der Waals surface area contributed by atoms with Crippen molar-refractivity contribution in [3.05, 3.63) is 33.8 Å². The van der Waals surface area contributed by atoms with Gasteiger partial charge in [-0.2, -0.15) is 0 Å². The van der Waals surface area contributed by atoms with E-state index in [4.69, 9.17) is 5.41 Å². The molecule has 0 aliphatic carbocycles. The molecule has 0 atom stereocenters. The van der Waals surface area contributed by atoms with Gasteiger partial charge < -0.3 is 4.90 Å². The summed E-state index contributed by atoms with van der Waals surface area (Å²) in [5.74, 6) is 0.659. The molecule has 0 spiro atoms. The van der Waals surface area contributed by atoms with E-state index in [9.17, 15) is 0 Å². The highest BCUT2D eigenvalue weighted by atomic mass is 79.9. The third kappa shape index (κ3) is 2.46. The number of amidine groups is 1. The summed E-state index contributed by atoms with van der Waals surface area (Å²) in [5, 5.41) is 8.23. The van der Waals surface area contributed by atoms with Crippen molar-refractivity contribution in [2.45, 2.75) is 26.2 Å². The molecule has 1 fully saturated rings. The molecule has 2 nitrogen and oxygen atoms in total. The number of piperidine rings is 1. The first-order valence-electron chi connectivity index (χ1n) is 5.78. The number of likely N-dealkylation sites (tertiary alicyclic amines) is 1. The second kappa shape index (κ2) is 5.00. The lowest BCUT2D eigenvalue weighted by atomic mass is 10.1. The highest BCUT2D eigenvalue weighted by Gasteiger charge is 2.16. The number of halogens is 1. The molecule has 1 aromatic rings. The summed E-state index contributed by atoms with van der Waals surface area (Å²) in [4.78, 5) is 2.18. The number of hydrogen-bond donors (Lipinski definition) is 1. The summed E-state index contributed by atoms with van der Waals surface area (Å²) in [6.07, 6.45) is 3.73. The molecule has 16 heavy (non-hydrogen) atoms. The molecular formula is C13H17BrN2. The van der Waals surface area contributed by atoms with E-state index in [0.29, 0.717) is 5.84 Å². The quantitative estimate of drug-likeness (QED) is 0.618. The first-order valence-corrected chi connectivity index (χ1v) is 6.58. The van der Waals surface area contributed by atoms with Gasteiger partial charge in [-0.3, -0.25) is 5.41 Å². The lowest BCUT2D eigenvalue weighted by molar-refractivity contribution is 0.341. The van der Waals surface area contributed by atoms with E-state index < -0.39 is 0 Å². The van der Waals surface area contributed by atoms with Gasteiger partial charge in [-0.1, -0.05) is 22.0 Å². The first kappa shape index (κ1) is 11.6. The van der Waals surface area contributed by atoms with Crippen LogP contribution in [0.2, 0.25) is 0 Å². The largest absolute Gasteiger partial charge is 0.357 e. The van der Waals surface area contributed by atoms with E-state index in [0.717, 1.165) is 23.1 Å². The molecule has 86 valence electrons. The maximum Gasteiger partial charge on any atom is 0.129 e. The predicted octanol–water partition coefficient (Wildman–Crippen LogP) is 3.57. The number of benzene rings is 1. The van der Waals surface area contributed by atoms with Crippen LogP contribution in [0.3, 0.4) is 0 Å². The zero-order valence-electron chi connectivity index (χ0n) is 9.59. The summed E-state index contributed by atoms with van der Waals surface area (Å²) in [6, 6.07) is 6.18. The van der Waals surface area contributed by atoms with Gasteiger partial charge in [0.1, 0.15) is 5.84 Å². The van der Waals surface area contributed by atoms with Crippen LogP contribution < -0.4 is 0 Å². The molecule has 1 aliphatic heterocycles. The van der Waals surface area contributed by atoms with Gasteiger partial charge >= 0.3 is 0 Å². The average Bonchev–Trinajstić information content (AvgIpc) is 2.29. The van der Waals surface area contributed by atoms with Crippen molar-refractivity contribution in [1.29, 1.82) is 5.41 Å². The van der Waals surface area contributed by atoms with Crippen molar-refractivity contribution in [3.63, 3.8) is 0 Å². The summed E-state index contributed by atoms with van der Waals surface area (Å²) in [7, 11) is 0. The van der Waals surface area contributed by atoms with Crippen LogP contribution in [0.1, 0.15) is 30.4 Å². The maximum absolute atomic E-state index is 8.23. The van der Waals surface area contributed by atoms with Crippen LogP contribution in [0.5, 0.6) is 0 Å². The Kier molecular flexibility index (Phi) is 3.64. The molecular weight excluding hydrogens is 264 g/mol. The molecule has 0 amide bonds. The highest BCUT2D eigenvalue weighted by Crippen LogP contribution is 2.21. The van der Waals surface area contributed by atoms with Gasteiger partial charge in [-0.15, -0.1) is 0 Å². The average molecular weight is 281 g/mol. The summed E-state index contributed by atoms with van der Waals surface area (Å²) in [5.41, 5.74) is 2.23. The Balaban J connectivity index is 2.19. The van der Waals surface area contributed by atoms with E-state index in [1.165, 1.54) is 24.8 Å². The molecule has 1 aliphatic rings. The van der Waals surface area contributed by atoms with Crippen LogP contribution in [0.15, 0.2) is 22.7 Å². The minimum atomic E-state index is 0.659. The third-order valence-corrected chi connectivity index (χ3v) is 3.71. The lowest BCUT2D eigenvalue weighted by Gasteiger charge is -2.29. The van der Waals surface area contributed by atoms with E-state index in [1.807, 2.05) is 6.07 Å². The number of hydrogen-bond acceptors (Lipinski definition) is 1. The van der Waals surface area contributed by atoms with Gasteiger partial charge in [-0.05, 0) is 43.9 Å². The minimum absolute atomic E-state index is 0.659. The van der Waals surface area contributed by atoms with Gasteiger partial charge in [0.25, 0.3) is 0 Å². The standard InChI is InChI=1S/C13H17BrN2/c1-10-5-6-11(12(14)9-10)13(15)16-7-3-2-4-8-16/h5-6,9,15H,2-4,7-8H2,1H3. The molecule has 0 radical (unpaired) electrons. The molecule has 2 rings (SSSR count). The number of aryl methyl sites for hydroxylation is 1. The van der Waals surface area contributed by atoms with E-state index in [1.54, 1.807) is 0 Å². The Morgan fingerprint density at radius 1 is 1.25 bits per heavy atom. The van der Waals surface area contributed by atoms with Crippen molar-refractivity contribution in [1.82, 2.24) is 4.90 Å². The van der Waals surface area contributed by atoms with E-state index >= 15 is 0 Å². The SMILES string of the molecule is Cc1ccc(C(=N)N2CCCCC2)c(Br)c1. The Bertz CT molecular complexity index is 395. The van der Waals surface area contributed by atoms with Gasteiger partial charge in [0.15, 0.2) is 0 Å². The van der Waals surface area contributed by atoms with Gasteiger partial charge in [0.05, 0.1) is 0 Å². The van der Waals surface area contributed by atoms with Crippen molar-refractivity contribution >= 4 is 21.8 Å². The lowest BCUT2D eigenvalue weighted by Crippen LogP contribution is -2.35. The molecule has 0 saturated carbocycles. The Morgan fingerprint density at radius 2 is 1.94 bits per heavy atom. The second-order valence-electron chi connectivity index (χ2n) is 4.38. The van der Waals surface area contributed by atoms with Crippen LogP contribution in [-0.2, 0) is 0 Å². The van der Waals surface area contributed by atoms with E-state index in [2.05, 4.69) is 39.9 Å². The van der Waals surface area contributed by atoms with Crippen LogP contribution in [0.25, 0.3) is 0 Å². The molecule has 0 unspecified atom stereocenters. The van der Waals surface area contributed by atoms with Crippen LogP contribution in [0.4, 0.5) is 0 Å². The van der Waals surface area contributed by atoms with Crippen molar-refractivity contribution < 1.29 is 0 Å². The monoisotopic (exact) mass is 280 g/mol. The van der Waals surface area contributed by atoms with Crippen LogP contribution in [0, 0.1) is 12.3 Å². The highest BCUT2D eigenvalue weighted by molar-refractivity contribution is 9.10. The molecule has 1 N–H and O–H groups in total. The fraction of sp³-hybridized carbons (Fsp3) is 0.462. The summed E-state index contributed by atoms with van der Waals surface area (Å²) >= 11 is 3.55. The molecule has 0 aromatic heterocycles. The number of nitrogens with one attached hydrogen (secondary N) is 1. The Morgan fingerprint density at radius 3 is 2.56 bits per heavy atom. The van der Waals surface area contributed by atoms with Crippen LogP contribution >= 0.6 is 15.9 Å². The first-order chi connectivity index (χ1) is 7.68.